The second-order valence-electron chi connectivity index (χ2n) is 8.25. The fourth-order valence-corrected chi connectivity index (χ4v) is 3.49. The van der Waals surface area contributed by atoms with Crippen LogP contribution in [0.3, 0.4) is 0 Å². The highest BCUT2D eigenvalue weighted by atomic mass is 19.3. The molecule has 2 aliphatic rings. The number of anilines is 2. The number of rotatable bonds is 8. The molecule has 6 nitrogen and oxygen atoms in total. The summed E-state index contributed by atoms with van der Waals surface area (Å²) in [6, 6.07) is 11.6. The molecule has 0 unspecified atom stereocenters. The molecule has 8 heteroatoms. The van der Waals surface area contributed by atoms with E-state index in [0.717, 1.165) is 19.3 Å². The van der Waals surface area contributed by atoms with E-state index < -0.39 is 5.92 Å². The maximum atomic E-state index is 13.7. The number of alkyl halides is 2. The minimum Gasteiger partial charge on any atom is -0.350 e. The van der Waals surface area contributed by atoms with Gasteiger partial charge < -0.3 is 15.1 Å². The number of halogens is 2. The zero-order valence-electron chi connectivity index (χ0n) is 17.2. The van der Waals surface area contributed by atoms with E-state index in [2.05, 4.69) is 15.3 Å². The second-order valence-corrected chi connectivity index (χ2v) is 8.25. The average Bonchev–Trinajstić information content (AvgIpc) is 3.51. The molecule has 30 heavy (non-hydrogen) atoms. The standard InChI is InChI=1S/C22H27F2N5O/c1-28(11-9-16-5-3-2-4-6-16)21-26-18(20(30)25-14-17-7-8-17)13-19(27-21)29-12-10-22(23,24)15-29/h2-6,13,17H,7-12,14-15H2,1H3,(H,25,30). The quantitative estimate of drug-likeness (QED) is 0.718. The molecule has 1 aliphatic carbocycles. The van der Waals surface area contributed by atoms with Gasteiger partial charge in [0.15, 0.2) is 0 Å². The number of hydrogen-bond donors (Lipinski definition) is 1. The van der Waals surface area contributed by atoms with Crippen LogP contribution in [0.15, 0.2) is 36.4 Å². The third kappa shape index (κ3) is 5.23. The number of amides is 1. The first-order valence-electron chi connectivity index (χ1n) is 10.4. The Kier molecular flexibility index (Phi) is 5.83. The number of carbonyl (C=O) groups excluding carboxylic acids is 1. The van der Waals surface area contributed by atoms with Crippen molar-refractivity contribution in [2.75, 3.05) is 43.0 Å². The molecule has 1 aliphatic heterocycles. The van der Waals surface area contributed by atoms with Crippen LogP contribution >= 0.6 is 0 Å². The molecule has 1 N–H and O–H groups in total. The van der Waals surface area contributed by atoms with Crippen molar-refractivity contribution in [1.82, 2.24) is 15.3 Å². The number of aromatic nitrogens is 2. The van der Waals surface area contributed by atoms with Gasteiger partial charge in [0.2, 0.25) is 5.95 Å². The summed E-state index contributed by atoms with van der Waals surface area (Å²) in [6.45, 7) is 1.09. The van der Waals surface area contributed by atoms with Gasteiger partial charge in [-0.3, -0.25) is 4.79 Å². The van der Waals surface area contributed by atoms with E-state index in [0.29, 0.717) is 30.8 Å². The van der Waals surface area contributed by atoms with Gasteiger partial charge in [0, 0.05) is 39.2 Å². The van der Waals surface area contributed by atoms with Crippen molar-refractivity contribution in [2.24, 2.45) is 5.92 Å². The van der Waals surface area contributed by atoms with E-state index in [4.69, 9.17) is 0 Å². The molecule has 4 rings (SSSR count). The second kappa shape index (κ2) is 8.53. The third-order valence-electron chi connectivity index (χ3n) is 5.60. The van der Waals surface area contributed by atoms with Gasteiger partial charge in [-0.25, -0.2) is 13.8 Å². The molecule has 1 saturated carbocycles. The molecule has 160 valence electrons. The SMILES string of the molecule is CN(CCc1ccccc1)c1nc(C(=O)NCC2CC2)cc(N2CCC(F)(F)C2)n1. The molecule has 0 spiro atoms. The molecule has 1 amide bonds. The fraction of sp³-hybridized carbons (Fsp3) is 0.500. The van der Waals surface area contributed by atoms with Gasteiger partial charge in [-0.2, -0.15) is 4.98 Å². The molecule has 2 heterocycles. The number of benzene rings is 1. The van der Waals surface area contributed by atoms with Crippen LogP contribution in [-0.2, 0) is 6.42 Å². The Bertz CT molecular complexity index is 888. The Morgan fingerprint density at radius 1 is 1.27 bits per heavy atom. The van der Waals surface area contributed by atoms with Crippen molar-refractivity contribution in [3.63, 3.8) is 0 Å². The van der Waals surface area contributed by atoms with Gasteiger partial charge >= 0.3 is 0 Å². The summed E-state index contributed by atoms with van der Waals surface area (Å²) >= 11 is 0. The van der Waals surface area contributed by atoms with E-state index in [9.17, 15) is 13.6 Å². The zero-order chi connectivity index (χ0) is 21.1. The molecule has 2 fully saturated rings. The van der Waals surface area contributed by atoms with E-state index in [1.54, 1.807) is 0 Å². The van der Waals surface area contributed by atoms with Crippen LogP contribution in [0.2, 0.25) is 0 Å². The summed E-state index contributed by atoms with van der Waals surface area (Å²) in [7, 11) is 1.85. The lowest BCUT2D eigenvalue weighted by atomic mass is 10.1. The van der Waals surface area contributed by atoms with Gasteiger partial charge in [0.25, 0.3) is 11.8 Å². The smallest absolute Gasteiger partial charge is 0.270 e. The van der Waals surface area contributed by atoms with Crippen molar-refractivity contribution >= 4 is 17.7 Å². The summed E-state index contributed by atoms with van der Waals surface area (Å²) in [5, 5.41) is 2.90. The first kappa shape index (κ1) is 20.5. The summed E-state index contributed by atoms with van der Waals surface area (Å²) in [6.07, 6.45) is 2.84. The highest BCUT2D eigenvalue weighted by molar-refractivity contribution is 5.93. The summed E-state index contributed by atoms with van der Waals surface area (Å²) in [5.41, 5.74) is 1.40. The highest BCUT2D eigenvalue weighted by Gasteiger charge is 2.39. The normalized spacial score (nSPS) is 17.8. The third-order valence-corrected chi connectivity index (χ3v) is 5.60. The summed E-state index contributed by atoms with van der Waals surface area (Å²) < 4.78 is 27.5. The maximum Gasteiger partial charge on any atom is 0.270 e. The lowest BCUT2D eigenvalue weighted by Crippen LogP contribution is -2.31. The molecule has 2 aromatic rings. The van der Waals surface area contributed by atoms with Gasteiger partial charge in [-0.05, 0) is 30.7 Å². The Hall–Kier alpha value is -2.77. The van der Waals surface area contributed by atoms with E-state index in [1.165, 1.54) is 16.5 Å². The highest BCUT2D eigenvalue weighted by Crippen LogP contribution is 2.31. The average molecular weight is 415 g/mol. The molecule has 0 radical (unpaired) electrons. The molecular formula is C22H27F2N5O. The van der Waals surface area contributed by atoms with Gasteiger partial charge in [-0.15, -0.1) is 0 Å². The van der Waals surface area contributed by atoms with Crippen molar-refractivity contribution in [3.8, 4) is 0 Å². The van der Waals surface area contributed by atoms with Gasteiger partial charge in [0.05, 0.1) is 6.54 Å². The lowest BCUT2D eigenvalue weighted by molar-refractivity contribution is 0.0256. The maximum absolute atomic E-state index is 13.7. The molecular weight excluding hydrogens is 388 g/mol. The van der Waals surface area contributed by atoms with Crippen LogP contribution in [0.4, 0.5) is 20.5 Å². The van der Waals surface area contributed by atoms with Crippen LogP contribution in [0, 0.1) is 5.92 Å². The summed E-state index contributed by atoms with van der Waals surface area (Å²) in [4.78, 5) is 25.0. The Labute approximate surface area is 175 Å². The van der Waals surface area contributed by atoms with Crippen molar-refractivity contribution in [1.29, 1.82) is 0 Å². The van der Waals surface area contributed by atoms with Crippen molar-refractivity contribution in [2.45, 2.75) is 31.6 Å². The number of nitrogens with one attached hydrogen (secondary N) is 1. The summed E-state index contributed by atoms with van der Waals surface area (Å²) in [5.74, 6) is -1.73. The molecule has 1 aromatic carbocycles. The first-order valence-corrected chi connectivity index (χ1v) is 10.4. The zero-order valence-corrected chi connectivity index (χ0v) is 17.2. The van der Waals surface area contributed by atoms with E-state index in [-0.39, 0.29) is 31.1 Å². The number of hydrogen-bond acceptors (Lipinski definition) is 5. The predicted molar refractivity (Wildman–Crippen MR) is 112 cm³/mol. The monoisotopic (exact) mass is 415 g/mol. The number of nitrogens with zero attached hydrogens (tertiary/aromatic N) is 4. The minimum atomic E-state index is -2.74. The predicted octanol–water partition coefficient (Wildman–Crippen LogP) is 3.14. The van der Waals surface area contributed by atoms with Crippen LogP contribution in [0.25, 0.3) is 0 Å². The van der Waals surface area contributed by atoms with Gasteiger partial charge in [0.1, 0.15) is 11.5 Å². The Morgan fingerprint density at radius 3 is 2.70 bits per heavy atom. The van der Waals surface area contributed by atoms with E-state index in [1.807, 2.05) is 42.3 Å². The van der Waals surface area contributed by atoms with Crippen LogP contribution in [0.1, 0.15) is 35.3 Å². The fourth-order valence-electron chi connectivity index (χ4n) is 3.49. The number of likely N-dealkylation sites (N-methyl/N-ethyl adjacent to an activating group) is 1. The van der Waals surface area contributed by atoms with Crippen LogP contribution < -0.4 is 15.1 Å². The largest absolute Gasteiger partial charge is 0.350 e. The molecule has 1 aromatic heterocycles. The molecule has 0 bridgehead atoms. The van der Waals surface area contributed by atoms with E-state index >= 15 is 0 Å². The van der Waals surface area contributed by atoms with Crippen LogP contribution in [-0.4, -0.2) is 55.0 Å². The molecule has 0 atom stereocenters. The van der Waals surface area contributed by atoms with Crippen molar-refractivity contribution in [3.05, 3.63) is 47.7 Å². The number of carbonyl (C=O) groups is 1. The Morgan fingerprint density at radius 2 is 2.03 bits per heavy atom. The topological polar surface area (TPSA) is 61.4 Å². The molecule has 1 saturated heterocycles. The van der Waals surface area contributed by atoms with Gasteiger partial charge in [-0.1, -0.05) is 30.3 Å². The van der Waals surface area contributed by atoms with Crippen LogP contribution in [0.5, 0.6) is 0 Å². The Balaban J connectivity index is 1.53. The minimum absolute atomic E-state index is 0.209. The van der Waals surface area contributed by atoms with Crippen molar-refractivity contribution < 1.29 is 13.6 Å². The lowest BCUT2D eigenvalue weighted by Gasteiger charge is -2.22. The first-order chi connectivity index (χ1) is 14.4.